The highest BCUT2D eigenvalue weighted by Crippen LogP contribution is 2.21. The van der Waals surface area contributed by atoms with Gasteiger partial charge >= 0.3 is 18.2 Å². The lowest BCUT2D eigenvalue weighted by molar-refractivity contribution is -0.148. The van der Waals surface area contributed by atoms with Gasteiger partial charge < -0.3 is 54.1 Å². The summed E-state index contributed by atoms with van der Waals surface area (Å²) < 4.78 is 33.8. The van der Waals surface area contributed by atoms with Gasteiger partial charge in [0.25, 0.3) is 0 Å². The summed E-state index contributed by atoms with van der Waals surface area (Å²) in [5, 5.41) is 24.9. The number of nitrogens with zero attached hydrogens (tertiary/aromatic N) is 1. The first-order valence-electron chi connectivity index (χ1n) is 16.8. The summed E-state index contributed by atoms with van der Waals surface area (Å²) in [6, 6.07) is 1.10. The molecule has 0 aliphatic carbocycles. The first kappa shape index (κ1) is 43.8. The Morgan fingerprint density at radius 3 is 1.61 bits per heavy atom. The molecular formula is C34H61N3O12. The first-order valence-corrected chi connectivity index (χ1v) is 16.8. The molecule has 0 aliphatic heterocycles. The van der Waals surface area contributed by atoms with Crippen LogP contribution < -0.4 is 15.5 Å². The maximum atomic E-state index is 12.9. The van der Waals surface area contributed by atoms with Crippen molar-refractivity contribution in [2.24, 2.45) is 0 Å². The van der Waals surface area contributed by atoms with Gasteiger partial charge in [-0.25, -0.2) is 14.4 Å². The second-order valence-corrected chi connectivity index (χ2v) is 14.3. The zero-order valence-electron chi connectivity index (χ0n) is 31.1. The Bertz CT molecular complexity index is 1130. The van der Waals surface area contributed by atoms with E-state index >= 15 is 0 Å². The average molecular weight is 704 g/mol. The van der Waals surface area contributed by atoms with Crippen LogP contribution in [0.5, 0.6) is 11.8 Å². The zero-order valence-corrected chi connectivity index (χ0v) is 31.1. The monoisotopic (exact) mass is 703 g/mol. The predicted molar refractivity (Wildman–Crippen MR) is 182 cm³/mol. The van der Waals surface area contributed by atoms with Crippen LogP contribution in [-0.4, -0.2) is 109 Å². The fraction of sp³-hybridized carbons (Fsp3) is 0.794. The van der Waals surface area contributed by atoms with Gasteiger partial charge in [0.2, 0.25) is 11.8 Å². The van der Waals surface area contributed by atoms with Crippen molar-refractivity contribution in [3.8, 4) is 11.8 Å². The Labute approximate surface area is 291 Å². The fourth-order valence-corrected chi connectivity index (χ4v) is 4.07. The van der Waals surface area contributed by atoms with Crippen molar-refractivity contribution in [1.82, 2.24) is 15.4 Å². The maximum absolute atomic E-state index is 12.9. The minimum atomic E-state index is -1.18. The van der Waals surface area contributed by atoms with Crippen LogP contribution >= 0.6 is 0 Å². The summed E-state index contributed by atoms with van der Waals surface area (Å²) in [4.78, 5) is 42.9. The average Bonchev–Trinajstić information content (AvgIpc) is 3.31. The van der Waals surface area contributed by atoms with Gasteiger partial charge in [-0.1, -0.05) is 0 Å². The molecule has 0 saturated heterocycles. The second kappa shape index (κ2) is 20.4. The Morgan fingerprint density at radius 1 is 0.694 bits per heavy atom. The highest BCUT2D eigenvalue weighted by molar-refractivity contribution is 5.81. The summed E-state index contributed by atoms with van der Waals surface area (Å²) in [6.45, 7) is 17.0. The third-order valence-electron chi connectivity index (χ3n) is 8.12. The molecule has 1 rings (SSSR count). The van der Waals surface area contributed by atoms with E-state index in [1.165, 1.54) is 0 Å². The van der Waals surface area contributed by atoms with E-state index in [1.54, 1.807) is 14.2 Å². The number of hydrogen-bond donors (Lipinski definition) is 4. The third-order valence-corrected chi connectivity index (χ3v) is 8.12. The molecule has 0 aromatic carbocycles. The quantitative estimate of drug-likeness (QED) is 0.108. The van der Waals surface area contributed by atoms with Crippen molar-refractivity contribution >= 4 is 18.2 Å². The van der Waals surface area contributed by atoms with Crippen LogP contribution in [0.1, 0.15) is 100 Å². The SMILES string of the molecule is COC(C)(C)CCOC(C)(C)CCOC(=O)NCCCCC(NC(=O)OCCC(C)(C)OCCC(C)(C)OC)C(=O)On1c(O)ccc1O. The lowest BCUT2D eigenvalue weighted by Crippen LogP contribution is -2.45. The lowest BCUT2D eigenvalue weighted by atomic mass is 10.0. The normalized spacial score (nSPS) is 13.1. The first-order chi connectivity index (χ1) is 22.7. The third kappa shape index (κ3) is 18.9. The van der Waals surface area contributed by atoms with Gasteiger partial charge in [-0.15, -0.1) is 4.73 Å². The zero-order chi connectivity index (χ0) is 37.3. The Morgan fingerprint density at radius 2 is 1.14 bits per heavy atom. The largest absolute Gasteiger partial charge is 0.492 e. The number of amides is 2. The Hall–Kier alpha value is -3.27. The highest BCUT2D eigenvalue weighted by atomic mass is 16.7. The molecule has 2 amide bonds. The number of hydrogen-bond acceptors (Lipinski definition) is 12. The number of aromatic nitrogens is 1. The van der Waals surface area contributed by atoms with Crippen molar-refractivity contribution < 1.29 is 57.9 Å². The molecule has 284 valence electrons. The second-order valence-electron chi connectivity index (χ2n) is 14.3. The number of carbonyl (C=O) groups excluding carboxylic acids is 3. The van der Waals surface area contributed by atoms with Gasteiger partial charge in [0.05, 0.1) is 48.8 Å². The van der Waals surface area contributed by atoms with E-state index in [0.717, 1.165) is 18.6 Å². The minimum absolute atomic E-state index is 0.0226. The summed E-state index contributed by atoms with van der Waals surface area (Å²) >= 11 is 0. The topological polar surface area (TPSA) is 185 Å². The number of alkyl carbamates (subject to hydrolysis) is 2. The van der Waals surface area contributed by atoms with Gasteiger partial charge in [-0.05, 0) is 87.5 Å². The molecule has 0 saturated carbocycles. The van der Waals surface area contributed by atoms with Crippen LogP contribution in [0.25, 0.3) is 0 Å². The number of rotatable bonds is 24. The van der Waals surface area contributed by atoms with E-state index in [1.807, 2.05) is 55.4 Å². The predicted octanol–water partition coefficient (Wildman–Crippen LogP) is 4.85. The van der Waals surface area contributed by atoms with Crippen LogP contribution in [-0.2, 0) is 33.2 Å². The summed E-state index contributed by atoms with van der Waals surface area (Å²) in [5.41, 5.74) is -1.66. The van der Waals surface area contributed by atoms with Crippen LogP contribution in [0, 0.1) is 0 Å². The number of carbonyl (C=O) groups is 3. The molecule has 0 spiro atoms. The van der Waals surface area contributed by atoms with Gasteiger partial charge in [0.1, 0.15) is 6.04 Å². The number of ether oxygens (including phenoxy) is 6. The van der Waals surface area contributed by atoms with E-state index in [0.29, 0.717) is 50.0 Å². The van der Waals surface area contributed by atoms with Crippen molar-refractivity contribution in [3.63, 3.8) is 0 Å². The number of methoxy groups -OCH3 is 2. The minimum Gasteiger partial charge on any atom is -0.492 e. The molecule has 1 heterocycles. The van der Waals surface area contributed by atoms with Crippen molar-refractivity contribution in [1.29, 1.82) is 0 Å². The molecule has 15 nitrogen and oxygen atoms in total. The number of unbranched alkanes of at least 4 members (excludes halogenated alkanes) is 1. The van der Waals surface area contributed by atoms with Gasteiger partial charge in [0, 0.05) is 45.7 Å². The Balaban J connectivity index is 2.54. The van der Waals surface area contributed by atoms with Crippen molar-refractivity contribution in [2.45, 2.75) is 129 Å². The number of aromatic hydroxyl groups is 2. The van der Waals surface area contributed by atoms with E-state index in [9.17, 15) is 24.6 Å². The molecule has 4 N–H and O–H groups in total. The van der Waals surface area contributed by atoms with Gasteiger partial charge in [-0.2, -0.15) is 0 Å². The van der Waals surface area contributed by atoms with E-state index in [-0.39, 0.29) is 37.4 Å². The van der Waals surface area contributed by atoms with Crippen LogP contribution in [0.2, 0.25) is 0 Å². The highest BCUT2D eigenvalue weighted by Gasteiger charge is 2.27. The molecule has 1 aromatic rings. The van der Waals surface area contributed by atoms with Crippen molar-refractivity contribution in [3.05, 3.63) is 12.1 Å². The smallest absolute Gasteiger partial charge is 0.407 e. The van der Waals surface area contributed by atoms with Gasteiger partial charge in [0.15, 0.2) is 0 Å². The molecule has 0 bridgehead atoms. The molecule has 0 fully saturated rings. The molecular weight excluding hydrogens is 642 g/mol. The molecule has 0 aliphatic rings. The molecule has 15 heteroatoms. The van der Waals surface area contributed by atoms with Crippen LogP contribution in [0.3, 0.4) is 0 Å². The van der Waals surface area contributed by atoms with Crippen LogP contribution in [0.4, 0.5) is 9.59 Å². The summed E-state index contributed by atoms with van der Waals surface area (Å²) in [7, 11) is 3.31. The fourth-order valence-electron chi connectivity index (χ4n) is 4.07. The van der Waals surface area contributed by atoms with E-state index in [4.69, 9.17) is 33.3 Å². The molecule has 49 heavy (non-hydrogen) atoms. The number of nitrogens with one attached hydrogen (secondary N) is 2. The lowest BCUT2D eigenvalue weighted by Gasteiger charge is -2.28. The van der Waals surface area contributed by atoms with Crippen LogP contribution in [0.15, 0.2) is 12.1 Å². The molecule has 0 radical (unpaired) electrons. The summed E-state index contributed by atoms with van der Waals surface area (Å²) in [6.07, 6.45) is 1.83. The molecule has 1 aromatic heterocycles. The maximum Gasteiger partial charge on any atom is 0.407 e. The van der Waals surface area contributed by atoms with E-state index < -0.39 is 47.2 Å². The standard InChI is InChI=1S/C34H61N3O12/c1-31(2,43-9)18-23-47-33(5,6)16-21-45-29(41)35-20-12-11-13-25(28(40)49-37-26(38)14-15-27(37)39)36-30(42)46-22-17-34(7,8)48-24-19-32(3,4)44-10/h14-15,25,38-39H,11-13,16-24H2,1-10H3,(H,35,41)(H,36,42). The summed E-state index contributed by atoms with van der Waals surface area (Å²) in [5.74, 6) is -1.95. The van der Waals surface area contributed by atoms with Crippen molar-refractivity contribution in [2.75, 3.05) is 47.2 Å². The van der Waals surface area contributed by atoms with E-state index in [2.05, 4.69) is 10.6 Å². The van der Waals surface area contributed by atoms with Gasteiger partial charge in [-0.3, -0.25) is 0 Å². The molecule has 1 atom stereocenters. The Kier molecular flexibility index (Phi) is 18.2. The molecule has 1 unspecified atom stereocenters.